The van der Waals surface area contributed by atoms with E-state index in [0.717, 1.165) is 57.8 Å². The van der Waals surface area contributed by atoms with Gasteiger partial charge in [0.2, 0.25) is 11.8 Å². The Kier molecular flexibility index (Phi) is 5.34. The van der Waals surface area contributed by atoms with Crippen LogP contribution in [0.15, 0.2) is 0 Å². The van der Waals surface area contributed by atoms with Crippen LogP contribution >= 0.6 is 0 Å². The summed E-state index contributed by atoms with van der Waals surface area (Å²) in [6, 6.07) is -0.284. The topological polar surface area (TPSA) is 52.7 Å². The monoisotopic (exact) mass is 307 g/mol. The molecule has 0 aromatic carbocycles. The van der Waals surface area contributed by atoms with Crippen LogP contribution in [0.4, 0.5) is 0 Å². The molecular formula is C17H29N3O2. The molecule has 1 aliphatic carbocycles. The van der Waals surface area contributed by atoms with Gasteiger partial charge >= 0.3 is 0 Å². The summed E-state index contributed by atoms with van der Waals surface area (Å²) >= 11 is 0. The summed E-state index contributed by atoms with van der Waals surface area (Å²) in [5.74, 6) is 1.07. The molecule has 2 saturated heterocycles. The van der Waals surface area contributed by atoms with Crippen LogP contribution in [-0.2, 0) is 9.59 Å². The summed E-state index contributed by atoms with van der Waals surface area (Å²) in [6.07, 6.45) is 8.46. The molecule has 0 spiro atoms. The number of rotatable bonds is 3. The second kappa shape index (κ2) is 7.44. The largest absolute Gasteiger partial charge is 0.344 e. The second-order valence-electron chi connectivity index (χ2n) is 7.14. The van der Waals surface area contributed by atoms with Crippen molar-refractivity contribution in [2.24, 2.45) is 5.92 Å². The van der Waals surface area contributed by atoms with Crippen molar-refractivity contribution in [3.8, 4) is 0 Å². The molecule has 5 nitrogen and oxygen atoms in total. The Hall–Kier alpha value is -1.10. The Labute approximate surface area is 133 Å². The van der Waals surface area contributed by atoms with Crippen LogP contribution in [0.25, 0.3) is 0 Å². The molecule has 3 fully saturated rings. The van der Waals surface area contributed by atoms with Crippen LogP contribution in [0.1, 0.15) is 51.4 Å². The van der Waals surface area contributed by atoms with E-state index in [-0.39, 0.29) is 17.9 Å². The summed E-state index contributed by atoms with van der Waals surface area (Å²) in [4.78, 5) is 28.9. The lowest BCUT2D eigenvalue weighted by atomic mass is 9.85. The maximum absolute atomic E-state index is 12.7. The van der Waals surface area contributed by atoms with Gasteiger partial charge in [-0.25, -0.2) is 0 Å². The van der Waals surface area contributed by atoms with Gasteiger partial charge in [-0.3, -0.25) is 9.59 Å². The first-order chi connectivity index (χ1) is 10.7. The van der Waals surface area contributed by atoms with Gasteiger partial charge in [0.15, 0.2) is 0 Å². The molecule has 3 rings (SSSR count). The van der Waals surface area contributed by atoms with E-state index in [1.54, 1.807) is 0 Å². The summed E-state index contributed by atoms with van der Waals surface area (Å²) < 4.78 is 0. The fourth-order valence-corrected chi connectivity index (χ4v) is 3.79. The Morgan fingerprint density at radius 2 is 1.86 bits per heavy atom. The molecule has 3 aliphatic rings. The average Bonchev–Trinajstić information content (AvgIpc) is 2.82. The third kappa shape index (κ3) is 4.00. The van der Waals surface area contributed by atoms with Gasteiger partial charge in [-0.05, 0) is 44.6 Å². The van der Waals surface area contributed by atoms with Gasteiger partial charge in [-0.1, -0.05) is 12.8 Å². The molecule has 22 heavy (non-hydrogen) atoms. The molecule has 0 unspecified atom stereocenters. The molecule has 2 amide bonds. The van der Waals surface area contributed by atoms with Crippen LogP contribution in [-0.4, -0.2) is 60.4 Å². The number of hydrogen-bond acceptors (Lipinski definition) is 3. The van der Waals surface area contributed by atoms with Gasteiger partial charge in [0.1, 0.15) is 6.04 Å². The average molecular weight is 307 g/mol. The van der Waals surface area contributed by atoms with E-state index in [2.05, 4.69) is 10.2 Å². The lowest BCUT2D eigenvalue weighted by Crippen LogP contribution is -2.48. The van der Waals surface area contributed by atoms with Crippen LogP contribution in [0.3, 0.4) is 0 Å². The molecule has 0 aromatic rings. The first-order valence-electron chi connectivity index (χ1n) is 9.03. The number of hydrogen-bond donors (Lipinski definition) is 1. The van der Waals surface area contributed by atoms with Gasteiger partial charge in [0.25, 0.3) is 0 Å². The van der Waals surface area contributed by atoms with E-state index >= 15 is 0 Å². The van der Waals surface area contributed by atoms with E-state index in [9.17, 15) is 9.59 Å². The summed E-state index contributed by atoms with van der Waals surface area (Å²) in [6.45, 7) is 4.96. The number of nitrogens with zero attached hydrogens (tertiary/aromatic N) is 2. The molecule has 0 radical (unpaired) electrons. The predicted octanol–water partition coefficient (Wildman–Crippen LogP) is 1.38. The van der Waals surface area contributed by atoms with Crippen LogP contribution in [0.5, 0.6) is 0 Å². The van der Waals surface area contributed by atoms with E-state index in [1.165, 1.54) is 25.8 Å². The molecule has 0 bridgehead atoms. The van der Waals surface area contributed by atoms with Crippen LogP contribution in [0, 0.1) is 5.92 Å². The fourth-order valence-electron chi connectivity index (χ4n) is 3.79. The van der Waals surface area contributed by atoms with Crippen LogP contribution < -0.4 is 5.32 Å². The minimum atomic E-state index is -0.284. The highest BCUT2D eigenvalue weighted by molar-refractivity contribution is 5.88. The number of nitrogens with one attached hydrogen (secondary N) is 1. The third-order valence-electron chi connectivity index (χ3n) is 5.42. The highest BCUT2D eigenvalue weighted by Gasteiger charge is 2.29. The predicted molar refractivity (Wildman–Crippen MR) is 85.4 cm³/mol. The first kappa shape index (κ1) is 15.8. The van der Waals surface area contributed by atoms with Gasteiger partial charge < -0.3 is 15.1 Å². The number of amides is 2. The fraction of sp³-hybridized carbons (Fsp3) is 0.882. The Morgan fingerprint density at radius 1 is 1.00 bits per heavy atom. The Morgan fingerprint density at radius 3 is 2.64 bits per heavy atom. The van der Waals surface area contributed by atoms with Crippen molar-refractivity contribution in [3.05, 3.63) is 0 Å². The van der Waals surface area contributed by atoms with E-state index in [0.29, 0.717) is 6.42 Å². The second-order valence-corrected chi connectivity index (χ2v) is 7.14. The van der Waals surface area contributed by atoms with Gasteiger partial charge in [0.05, 0.1) is 0 Å². The van der Waals surface area contributed by atoms with Crippen LogP contribution in [0.2, 0.25) is 0 Å². The summed E-state index contributed by atoms with van der Waals surface area (Å²) in [7, 11) is 0. The standard InChI is InChI=1S/C17H29N3O2/c21-16-8-2-1-7-15(18-16)17(22)20-10-4-9-19(11-12-20)13-14-5-3-6-14/h14-15H,1-13H2,(H,18,21)/t15-/m0/s1. The smallest absolute Gasteiger partial charge is 0.245 e. The minimum absolute atomic E-state index is 0.0391. The van der Waals surface area contributed by atoms with Crippen molar-refractivity contribution in [1.82, 2.24) is 15.1 Å². The van der Waals surface area contributed by atoms with E-state index in [1.807, 2.05) is 4.90 Å². The van der Waals surface area contributed by atoms with E-state index < -0.39 is 0 Å². The Bertz CT molecular complexity index is 409. The maximum atomic E-state index is 12.7. The lowest BCUT2D eigenvalue weighted by molar-refractivity contribution is -0.136. The highest BCUT2D eigenvalue weighted by Crippen LogP contribution is 2.27. The molecule has 124 valence electrons. The zero-order chi connectivity index (χ0) is 15.4. The van der Waals surface area contributed by atoms with Crippen molar-refractivity contribution in [2.75, 3.05) is 32.7 Å². The van der Waals surface area contributed by atoms with Crippen molar-refractivity contribution in [1.29, 1.82) is 0 Å². The molecule has 1 N–H and O–H groups in total. The lowest BCUT2D eigenvalue weighted by Gasteiger charge is -2.31. The van der Waals surface area contributed by atoms with E-state index in [4.69, 9.17) is 0 Å². The summed E-state index contributed by atoms with van der Waals surface area (Å²) in [5, 5.41) is 2.91. The molecule has 2 aliphatic heterocycles. The zero-order valence-corrected chi connectivity index (χ0v) is 13.6. The SMILES string of the molecule is O=C1CCCC[C@@H](C(=O)N2CCCN(CC3CCC3)CC2)N1. The maximum Gasteiger partial charge on any atom is 0.245 e. The quantitative estimate of drug-likeness (QED) is 0.857. The summed E-state index contributed by atoms with van der Waals surface area (Å²) in [5.41, 5.74) is 0. The number of carbonyl (C=O) groups is 2. The van der Waals surface area contributed by atoms with Gasteiger partial charge in [-0.2, -0.15) is 0 Å². The Balaban J connectivity index is 1.50. The molecule has 1 saturated carbocycles. The van der Waals surface area contributed by atoms with Crippen molar-refractivity contribution >= 4 is 11.8 Å². The van der Waals surface area contributed by atoms with Crippen molar-refractivity contribution in [2.45, 2.75) is 57.4 Å². The third-order valence-corrected chi connectivity index (χ3v) is 5.42. The molecule has 1 atom stereocenters. The van der Waals surface area contributed by atoms with Gasteiger partial charge in [0, 0.05) is 32.6 Å². The van der Waals surface area contributed by atoms with Crippen molar-refractivity contribution < 1.29 is 9.59 Å². The van der Waals surface area contributed by atoms with Gasteiger partial charge in [-0.15, -0.1) is 0 Å². The molecule has 5 heteroatoms. The van der Waals surface area contributed by atoms with Crippen molar-refractivity contribution in [3.63, 3.8) is 0 Å². The zero-order valence-electron chi connectivity index (χ0n) is 13.6. The normalized spacial score (nSPS) is 28.5. The molecule has 0 aromatic heterocycles. The molecule has 2 heterocycles. The first-order valence-corrected chi connectivity index (χ1v) is 9.03. The highest BCUT2D eigenvalue weighted by atomic mass is 16.2. The molecular weight excluding hydrogens is 278 g/mol. The number of carbonyl (C=O) groups excluding carboxylic acids is 2. The minimum Gasteiger partial charge on any atom is -0.344 e.